The van der Waals surface area contributed by atoms with Crippen molar-refractivity contribution in [1.29, 1.82) is 5.26 Å². The summed E-state index contributed by atoms with van der Waals surface area (Å²) in [5.41, 5.74) is 0. The molecule has 4 heteroatoms. The molecular weight excluding hydrogens is 202 g/mol. The minimum Gasteiger partial charge on any atom is -0.354 e. The summed E-state index contributed by atoms with van der Waals surface area (Å²) in [4.78, 5) is 11.3. The molecule has 0 saturated heterocycles. The summed E-state index contributed by atoms with van der Waals surface area (Å²) in [6, 6.07) is 1.99. The number of nitrogens with zero attached hydrogens (tertiary/aromatic N) is 1. The van der Waals surface area contributed by atoms with Crippen LogP contribution in [0.2, 0.25) is 0 Å². The van der Waals surface area contributed by atoms with Gasteiger partial charge in [0.1, 0.15) is 0 Å². The lowest BCUT2D eigenvalue weighted by Gasteiger charge is -2.17. The van der Waals surface area contributed by atoms with Crippen molar-refractivity contribution in [3.63, 3.8) is 0 Å². The van der Waals surface area contributed by atoms with Crippen LogP contribution in [0.3, 0.4) is 0 Å². The molecule has 2 N–H and O–H groups in total. The fraction of sp³-hybridized carbons (Fsp3) is 0.667. The smallest absolute Gasteiger partial charge is 0.233 e. The van der Waals surface area contributed by atoms with Gasteiger partial charge in [-0.3, -0.25) is 4.79 Å². The first-order chi connectivity index (χ1) is 7.83. The molecule has 0 saturated carbocycles. The molecule has 0 radical (unpaired) electrons. The van der Waals surface area contributed by atoms with E-state index in [1.165, 1.54) is 6.42 Å². The molecule has 4 nitrogen and oxygen atoms in total. The largest absolute Gasteiger partial charge is 0.354 e. The Morgan fingerprint density at radius 3 is 3.06 bits per heavy atom. The lowest BCUT2D eigenvalue weighted by molar-refractivity contribution is -0.120. The molecule has 16 heavy (non-hydrogen) atoms. The summed E-state index contributed by atoms with van der Waals surface area (Å²) in [6.45, 7) is 1.70. The van der Waals surface area contributed by atoms with Crippen molar-refractivity contribution < 1.29 is 4.79 Å². The third-order valence-corrected chi connectivity index (χ3v) is 2.66. The maximum Gasteiger partial charge on any atom is 0.233 e. The van der Waals surface area contributed by atoms with E-state index in [1.807, 2.05) is 6.07 Å². The highest BCUT2D eigenvalue weighted by Crippen LogP contribution is 2.16. The van der Waals surface area contributed by atoms with E-state index in [9.17, 15) is 4.79 Å². The number of allylic oxidation sites excluding steroid dienone is 2. The molecule has 0 spiro atoms. The minimum absolute atomic E-state index is 0.0263. The second-order valence-corrected chi connectivity index (χ2v) is 4.04. The van der Waals surface area contributed by atoms with E-state index in [-0.39, 0.29) is 5.91 Å². The van der Waals surface area contributed by atoms with Crippen LogP contribution >= 0.6 is 0 Å². The highest BCUT2D eigenvalue weighted by atomic mass is 16.1. The number of nitriles is 1. The second kappa shape index (κ2) is 7.89. The predicted octanol–water partition coefficient (Wildman–Crippen LogP) is 0.962. The van der Waals surface area contributed by atoms with Crippen molar-refractivity contribution in [2.75, 3.05) is 19.6 Å². The summed E-state index contributed by atoms with van der Waals surface area (Å²) < 4.78 is 0. The molecule has 1 atom stereocenters. The van der Waals surface area contributed by atoms with Crippen LogP contribution in [-0.2, 0) is 4.79 Å². The van der Waals surface area contributed by atoms with Gasteiger partial charge in [0.2, 0.25) is 5.91 Å². The number of amides is 1. The standard InChI is InChI=1S/C12H19N3O/c13-7-4-8-15-12(16)10-14-9-11-5-2-1-3-6-11/h1-2,11,14H,3-6,8-10H2,(H,15,16). The van der Waals surface area contributed by atoms with Crippen LogP contribution in [-0.4, -0.2) is 25.5 Å². The second-order valence-electron chi connectivity index (χ2n) is 4.04. The predicted molar refractivity (Wildman–Crippen MR) is 62.6 cm³/mol. The fourth-order valence-corrected chi connectivity index (χ4v) is 1.75. The highest BCUT2D eigenvalue weighted by Gasteiger charge is 2.09. The average molecular weight is 221 g/mol. The zero-order valence-corrected chi connectivity index (χ0v) is 9.54. The van der Waals surface area contributed by atoms with Crippen LogP contribution in [0.5, 0.6) is 0 Å². The van der Waals surface area contributed by atoms with Gasteiger partial charge in [-0.2, -0.15) is 5.26 Å². The third kappa shape index (κ3) is 5.52. The van der Waals surface area contributed by atoms with Crippen LogP contribution < -0.4 is 10.6 Å². The minimum atomic E-state index is -0.0263. The Bertz CT molecular complexity index is 280. The quantitative estimate of drug-likeness (QED) is 0.518. The van der Waals surface area contributed by atoms with Crippen molar-refractivity contribution in [2.24, 2.45) is 5.92 Å². The molecule has 1 unspecified atom stereocenters. The van der Waals surface area contributed by atoms with E-state index < -0.39 is 0 Å². The lowest BCUT2D eigenvalue weighted by atomic mass is 9.94. The molecule has 1 aliphatic rings. The molecule has 0 fully saturated rings. The Morgan fingerprint density at radius 1 is 1.50 bits per heavy atom. The maximum atomic E-state index is 11.3. The molecule has 0 heterocycles. The number of nitrogens with one attached hydrogen (secondary N) is 2. The van der Waals surface area contributed by atoms with Crippen LogP contribution in [0.25, 0.3) is 0 Å². The van der Waals surface area contributed by atoms with Crippen molar-refractivity contribution >= 4 is 5.91 Å². The molecular formula is C12H19N3O. The van der Waals surface area contributed by atoms with Gasteiger partial charge in [-0.25, -0.2) is 0 Å². The first kappa shape index (κ1) is 12.7. The Balaban J connectivity index is 1.99. The van der Waals surface area contributed by atoms with Crippen LogP contribution in [0, 0.1) is 17.2 Å². The van der Waals surface area contributed by atoms with Gasteiger partial charge in [-0.05, 0) is 31.7 Å². The van der Waals surface area contributed by atoms with Gasteiger partial charge in [0.05, 0.1) is 19.0 Å². The van der Waals surface area contributed by atoms with E-state index in [2.05, 4.69) is 22.8 Å². The van der Waals surface area contributed by atoms with Crippen molar-refractivity contribution in [1.82, 2.24) is 10.6 Å². The van der Waals surface area contributed by atoms with Gasteiger partial charge in [0.25, 0.3) is 0 Å². The molecule has 1 aliphatic carbocycles. The van der Waals surface area contributed by atoms with Crippen molar-refractivity contribution in [3.05, 3.63) is 12.2 Å². The number of rotatable bonds is 6. The highest BCUT2D eigenvalue weighted by molar-refractivity contribution is 5.77. The zero-order valence-electron chi connectivity index (χ0n) is 9.54. The van der Waals surface area contributed by atoms with Gasteiger partial charge in [-0.15, -0.1) is 0 Å². The SMILES string of the molecule is N#CCCNC(=O)CNCC1CC=CCC1. The van der Waals surface area contributed by atoms with E-state index in [4.69, 9.17) is 5.26 Å². The van der Waals surface area contributed by atoms with Gasteiger partial charge in [0.15, 0.2) is 0 Å². The fourth-order valence-electron chi connectivity index (χ4n) is 1.75. The van der Waals surface area contributed by atoms with Crippen LogP contribution in [0.1, 0.15) is 25.7 Å². The van der Waals surface area contributed by atoms with Gasteiger partial charge < -0.3 is 10.6 Å². The first-order valence-corrected chi connectivity index (χ1v) is 5.82. The number of carbonyl (C=O) groups is 1. The summed E-state index contributed by atoms with van der Waals surface area (Å²) >= 11 is 0. The zero-order chi connectivity index (χ0) is 11.6. The molecule has 0 aliphatic heterocycles. The number of carbonyl (C=O) groups excluding carboxylic acids is 1. The van der Waals surface area contributed by atoms with E-state index in [0.29, 0.717) is 25.4 Å². The first-order valence-electron chi connectivity index (χ1n) is 5.82. The molecule has 0 bridgehead atoms. The number of hydrogen-bond donors (Lipinski definition) is 2. The monoisotopic (exact) mass is 221 g/mol. The van der Waals surface area contributed by atoms with Crippen molar-refractivity contribution in [3.8, 4) is 6.07 Å². The summed E-state index contributed by atoms with van der Waals surface area (Å²) in [5.74, 6) is 0.638. The Hall–Kier alpha value is -1.34. The van der Waals surface area contributed by atoms with Gasteiger partial charge >= 0.3 is 0 Å². The van der Waals surface area contributed by atoms with Crippen LogP contribution in [0.4, 0.5) is 0 Å². The molecule has 1 rings (SSSR count). The molecule has 0 aromatic carbocycles. The molecule has 0 aromatic rings. The van der Waals surface area contributed by atoms with E-state index >= 15 is 0 Å². The van der Waals surface area contributed by atoms with E-state index in [1.54, 1.807) is 0 Å². The molecule has 88 valence electrons. The van der Waals surface area contributed by atoms with Crippen molar-refractivity contribution in [2.45, 2.75) is 25.7 Å². The topological polar surface area (TPSA) is 64.9 Å². The number of hydrogen-bond acceptors (Lipinski definition) is 3. The Morgan fingerprint density at radius 2 is 2.38 bits per heavy atom. The van der Waals surface area contributed by atoms with Crippen LogP contribution in [0.15, 0.2) is 12.2 Å². The lowest BCUT2D eigenvalue weighted by Crippen LogP contribution is -2.36. The molecule has 1 amide bonds. The normalized spacial score (nSPS) is 19.1. The summed E-state index contributed by atoms with van der Waals surface area (Å²) in [7, 11) is 0. The molecule has 0 aromatic heterocycles. The van der Waals surface area contributed by atoms with E-state index in [0.717, 1.165) is 19.4 Å². The maximum absolute atomic E-state index is 11.3. The average Bonchev–Trinajstić information content (AvgIpc) is 2.31. The van der Waals surface area contributed by atoms with Gasteiger partial charge in [0, 0.05) is 6.54 Å². The van der Waals surface area contributed by atoms with Gasteiger partial charge in [-0.1, -0.05) is 12.2 Å². The summed E-state index contributed by atoms with van der Waals surface area (Å²) in [5, 5.41) is 14.1. The Labute approximate surface area is 96.7 Å². The Kier molecular flexibility index (Phi) is 6.28. The third-order valence-electron chi connectivity index (χ3n) is 2.66. The summed E-state index contributed by atoms with van der Waals surface area (Å²) in [6.07, 6.45) is 8.27.